The molecule has 3 nitrogen and oxygen atoms in total. The van der Waals surface area contributed by atoms with Crippen LogP contribution in [0.25, 0.3) is 0 Å². The van der Waals surface area contributed by atoms with Gasteiger partial charge in [-0.1, -0.05) is 54.2 Å². The van der Waals surface area contributed by atoms with E-state index in [-0.39, 0.29) is 18.4 Å². The van der Waals surface area contributed by atoms with E-state index in [9.17, 15) is 9.59 Å². The Morgan fingerprint density at radius 3 is 2.42 bits per heavy atom. The van der Waals surface area contributed by atoms with Crippen molar-refractivity contribution < 1.29 is 14.3 Å². The van der Waals surface area contributed by atoms with Crippen LogP contribution in [0.5, 0.6) is 0 Å². The van der Waals surface area contributed by atoms with E-state index in [1.54, 1.807) is 24.3 Å². The Kier molecular flexibility index (Phi) is 7.41. The molecule has 0 saturated carbocycles. The Balaban J connectivity index is 2.26. The Morgan fingerprint density at radius 2 is 1.79 bits per heavy atom. The van der Waals surface area contributed by atoms with Crippen LogP contribution in [0.15, 0.2) is 28.7 Å². The summed E-state index contributed by atoms with van der Waals surface area (Å²) in [6.45, 7) is 1.95. The molecule has 19 heavy (non-hydrogen) atoms. The van der Waals surface area contributed by atoms with Crippen molar-refractivity contribution in [3.8, 4) is 0 Å². The number of ketones is 1. The van der Waals surface area contributed by atoms with Crippen LogP contribution in [0.1, 0.15) is 49.4 Å². The summed E-state index contributed by atoms with van der Waals surface area (Å²) in [5.41, 5.74) is 0.557. The fraction of sp³-hybridized carbons (Fsp3) is 0.467. The van der Waals surface area contributed by atoms with Crippen LogP contribution in [0.2, 0.25) is 0 Å². The number of rotatable bonds is 8. The molecule has 1 aromatic rings. The SMILES string of the molecule is CCCCCCC(=O)OCC(=O)c1ccc(Br)cc1. The van der Waals surface area contributed by atoms with Crippen LogP contribution in [-0.2, 0) is 9.53 Å². The quantitative estimate of drug-likeness (QED) is 0.409. The summed E-state index contributed by atoms with van der Waals surface area (Å²) in [5.74, 6) is -0.462. The van der Waals surface area contributed by atoms with Gasteiger partial charge in [0.05, 0.1) is 0 Å². The summed E-state index contributed by atoms with van der Waals surface area (Å²) in [4.78, 5) is 23.2. The first-order valence-corrected chi connectivity index (χ1v) is 7.37. The van der Waals surface area contributed by atoms with Gasteiger partial charge in [-0.3, -0.25) is 9.59 Å². The molecule has 0 spiro atoms. The Labute approximate surface area is 122 Å². The van der Waals surface area contributed by atoms with Crippen molar-refractivity contribution in [3.63, 3.8) is 0 Å². The molecule has 1 aromatic carbocycles. The third-order valence-corrected chi connectivity index (χ3v) is 3.29. The largest absolute Gasteiger partial charge is 0.457 e. The normalized spacial score (nSPS) is 10.2. The lowest BCUT2D eigenvalue weighted by Gasteiger charge is -2.04. The van der Waals surface area contributed by atoms with Gasteiger partial charge in [0.2, 0.25) is 0 Å². The lowest BCUT2D eigenvalue weighted by Crippen LogP contribution is -2.13. The molecule has 0 aliphatic carbocycles. The summed E-state index contributed by atoms with van der Waals surface area (Å²) >= 11 is 3.30. The molecular formula is C15H19BrO3. The minimum atomic E-state index is -0.290. The van der Waals surface area contributed by atoms with Crippen molar-refractivity contribution in [2.24, 2.45) is 0 Å². The fourth-order valence-corrected chi connectivity index (χ4v) is 1.90. The topological polar surface area (TPSA) is 43.4 Å². The first kappa shape index (κ1) is 15.9. The summed E-state index contributed by atoms with van der Waals surface area (Å²) in [5, 5.41) is 0. The standard InChI is InChI=1S/C15H19BrO3/c1-2-3-4-5-6-15(18)19-11-14(17)12-7-9-13(16)10-8-12/h7-10H,2-6,11H2,1H3. The molecule has 4 heteroatoms. The van der Waals surface area contributed by atoms with Crippen LogP contribution < -0.4 is 0 Å². The molecular weight excluding hydrogens is 308 g/mol. The summed E-state index contributed by atoms with van der Waals surface area (Å²) in [7, 11) is 0. The van der Waals surface area contributed by atoms with E-state index in [1.165, 1.54) is 0 Å². The molecule has 0 unspecified atom stereocenters. The average molecular weight is 327 g/mol. The van der Waals surface area contributed by atoms with Gasteiger partial charge in [-0.15, -0.1) is 0 Å². The average Bonchev–Trinajstić information content (AvgIpc) is 2.42. The molecule has 0 aliphatic heterocycles. The van der Waals surface area contributed by atoms with Crippen LogP contribution in [0.4, 0.5) is 0 Å². The highest BCUT2D eigenvalue weighted by molar-refractivity contribution is 9.10. The van der Waals surface area contributed by atoms with Gasteiger partial charge >= 0.3 is 5.97 Å². The van der Waals surface area contributed by atoms with Crippen LogP contribution in [-0.4, -0.2) is 18.4 Å². The monoisotopic (exact) mass is 326 g/mol. The fourth-order valence-electron chi connectivity index (χ4n) is 1.63. The highest BCUT2D eigenvalue weighted by Crippen LogP contribution is 2.11. The number of esters is 1. The number of hydrogen-bond acceptors (Lipinski definition) is 3. The maximum absolute atomic E-state index is 11.7. The third kappa shape index (κ3) is 6.53. The molecule has 0 atom stereocenters. The first-order valence-electron chi connectivity index (χ1n) is 6.58. The lowest BCUT2D eigenvalue weighted by atomic mass is 10.1. The predicted octanol–water partition coefficient (Wildman–Crippen LogP) is 4.15. The maximum atomic E-state index is 11.7. The number of carbonyl (C=O) groups is 2. The van der Waals surface area contributed by atoms with E-state index in [0.29, 0.717) is 12.0 Å². The van der Waals surface area contributed by atoms with E-state index >= 15 is 0 Å². The molecule has 0 aliphatic rings. The van der Waals surface area contributed by atoms with Crippen LogP contribution in [0, 0.1) is 0 Å². The van der Waals surface area contributed by atoms with Gasteiger partial charge in [-0.05, 0) is 18.6 Å². The number of unbranched alkanes of at least 4 members (excludes halogenated alkanes) is 3. The van der Waals surface area contributed by atoms with Crippen LogP contribution >= 0.6 is 15.9 Å². The predicted molar refractivity (Wildman–Crippen MR) is 78.2 cm³/mol. The summed E-state index contributed by atoms with van der Waals surface area (Å²) in [6.07, 6.45) is 4.53. The molecule has 0 heterocycles. The van der Waals surface area contributed by atoms with Crippen molar-refractivity contribution in [2.45, 2.75) is 39.0 Å². The third-order valence-electron chi connectivity index (χ3n) is 2.76. The second kappa shape index (κ2) is 8.86. The second-order valence-corrected chi connectivity index (χ2v) is 5.32. The molecule has 0 aromatic heterocycles. The van der Waals surface area contributed by atoms with Gasteiger partial charge in [0.15, 0.2) is 12.4 Å². The van der Waals surface area contributed by atoms with Gasteiger partial charge in [0.1, 0.15) is 0 Å². The lowest BCUT2D eigenvalue weighted by molar-refractivity contribution is -0.142. The van der Waals surface area contributed by atoms with Crippen LogP contribution in [0.3, 0.4) is 0 Å². The molecule has 0 N–H and O–H groups in total. The van der Waals surface area contributed by atoms with Crippen molar-refractivity contribution in [3.05, 3.63) is 34.3 Å². The number of benzene rings is 1. The van der Waals surface area contributed by atoms with Gasteiger partial charge < -0.3 is 4.74 Å². The Morgan fingerprint density at radius 1 is 1.11 bits per heavy atom. The smallest absolute Gasteiger partial charge is 0.306 e. The zero-order chi connectivity index (χ0) is 14.1. The van der Waals surface area contributed by atoms with Crippen molar-refractivity contribution in [1.82, 2.24) is 0 Å². The molecule has 0 amide bonds. The Hall–Kier alpha value is -1.16. The van der Waals surface area contributed by atoms with E-state index < -0.39 is 0 Å². The van der Waals surface area contributed by atoms with E-state index in [4.69, 9.17) is 4.74 Å². The molecule has 0 bridgehead atoms. The summed E-state index contributed by atoms with van der Waals surface area (Å²) < 4.78 is 5.88. The highest BCUT2D eigenvalue weighted by Gasteiger charge is 2.09. The van der Waals surface area contributed by atoms with E-state index in [2.05, 4.69) is 22.9 Å². The van der Waals surface area contributed by atoms with E-state index in [0.717, 1.165) is 30.2 Å². The highest BCUT2D eigenvalue weighted by atomic mass is 79.9. The van der Waals surface area contributed by atoms with Crippen molar-refractivity contribution in [2.75, 3.05) is 6.61 Å². The number of halogens is 1. The zero-order valence-electron chi connectivity index (χ0n) is 11.2. The Bertz CT molecular complexity index is 412. The minimum absolute atomic E-state index is 0.172. The van der Waals surface area contributed by atoms with Gasteiger partial charge in [-0.25, -0.2) is 0 Å². The van der Waals surface area contributed by atoms with Gasteiger partial charge in [0.25, 0.3) is 0 Å². The maximum Gasteiger partial charge on any atom is 0.306 e. The first-order chi connectivity index (χ1) is 9.13. The minimum Gasteiger partial charge on any atom is -0.457 e. The van der Waals surface area contributed by atoms with Gasteiger partial charge in [-0.2, -0.15) is 0 Å². The second-order valence-electron chi connectivity index (χ2n) is 4.40. The number of carbonyl (C=O) groups excluding carboxylic acids is 2. The number of ether oxygens (including phenoxy) is 1. The van der Waals surface area contributed by atoms with Crippen molar-refractivity contribution in [1.29, 1.82) is 0 Å². The zero-order valence-corrected chi connectivity index (χ0v) is 12.7. The molecule has 0 radical (unpaired) electrons. The summed E-state index contributed by atoms with van der Waals surface area (Å²) in [6, 6.07) is 7.00. The molecule has 0 fully saturated rings. The molecule has 1 rings (SSSR count). The van der Waals surface area contributed by atoms with E-state index in [1.807, 2.05) is 0 Å². The number of Topliss-reactive ketones (excluding diaryl/α,β-unsaturated/α-hetero) is 1. The molecule has 0 saturated heterocycles. The van der Waals surface area contributed by atoms with Crippen molar-refractivity contribution >= 4 is 27.7 Å². The van der Waals surface area contributed by atoms with Gasteiger partial charge in [0, 0.05) is 16.5 Å². The molecule has 104 valence electrons. The number of hydrogen-bond donors (Lipinski definition) is 0.